The predicted octanol–water partition coefficient (Wildman–Crippen LogP) is 6.29. The molecule has 5 heteroatoms. The fraction of sp³-hybridized carbons (Fsp3) is 0.160. The zero-order valence-corrected chi connectivity index (χ0v) is 17.4. The summed E-state index contributed by atoms with van der Waals surface area (Å²) in [5.74, 6) is 0. The third kappa shape index (κ3) is 4.02. The lowest BCUT2D eigenvalue weighted by atomic mass is 10.0. The van der Waals surface area contributed by atoms with Crippen LogP contribution in [0.25, 0.3) is 22.4 Å². The predicted molar refractivity (Wildman–Crippen MR) is 124 cm³/mol. The van der Waals surface area contributed by atoms with Crippen LogP contribution in [-0.4, -0.2) is 15.4 Å². The molecule has 148 valence electrons. The van der Waals surface area contributed by atoms with Gasteiger partial charge in [-0.25, -0.2) is 9.67 Å². The molecule has 1 aliphatic rings. The summed E-state index contributed by atoms with van der Waals surface area (Å²) in [4.78, 5) is 9.85. The van der Waals surface area contributed by atoms with E-state index in [1.807, 2.05) is 22.9 Å². The molecule has 0 saturated heterocycles. The van der Waals surface area contributed by atoms with Crippen molar-refractivity contribution in [1.82, 2.24) is 9.66 Å². The Morgan fingerprint density at radius 3 is 2.27 bits per heavy atom. The van der Waals surface area contributed by atoms with Gasteiger partial charge in [0.25, 0.3) is 0 Å². The number of benzene rings is 2. The molecule has 0 amide bonds. The molecule has 0 N–H and O–H groups in total. The van der Waals surface area contributed by atoms with Gasteiger partial charge in [-0.3, -0.25) is 4.98 Å². The molecule has 2 heterocycles. The fourth-order valence-corrected chi connectivity index (χ4v) is 4.54. The maximum atomic E-state index is 5.00. The van der Waals surface area contributed by atoms with E-state index < -0.39 is 0 Å². The lowest BCUT2D eigenvalue weighted by molar-refractivity contribution is 0.840. The molecule has 1 saturated carbocycles. The van der Waals surface area contributed by atoms with Crippen molar-refractivity contribution in [3.8, 4) is 22.4 Å². The molecule has 0 radical (unpaired) electrons. The molecule has 4 nitrogen and oxygen atoms in total. The summed E-state index contributed by atoms with van der Waals surface area (Å²) in [6, 6.07) is 23.0. The van der Waals surface area contributed by atoms with Crippen molar-refractivity contribution in [2.75, 3.05) is 0 Å². The molecule has 0 aliphatic heterocycles. The third-order valence-electron chi connectivity index (χ3n) is 5.27. The highest BCUT2D eigenvalue weighted by molar-refractivity contribution is 7.07. The van der Waals surface area contributed by atoms with Crippen molar-refractivity contribution >= 4 is 22.7 Å². The number of pyridine rings is 1. The normalized spacial score (nSPS) is 14.3. The maximum absolute atomic E-state index is 5.00. The van der Waals surface area contributed by atoms with Gasteiger partial charge >= 0.3 is 0 Å². The summed E-state index contributed by atoms with van der Waals surface area (Å²) in [5, 5.41) is 7.15. The Labute approximate surface area is 179 Å². The lowest BCUT2D eigenvalue weighted by Crippen LogP contribution is -2.13. The highest BCUT2D eigenvalue weighted by Crippen LogP contribution is 2.26. The fourth-order valence-electron chi connectivity index (χ4n) is 3.69. The van der Waals surface area contributed by atoms with E-state index in [4.69, 9.17) is 10.1 Å². The summed E-state index contributed by atoms with van der Waals surface area (Å²) in [6.07, 6.45) is 8.13. The SMILES string of the molecule is c1ccc(-c2ccc(-c3csc(=Nc4cccnc4)n3N=C3CCCC3)cc2)cc1. The van der Waals surface area contributed by atoms with Crippen LogP contribution in [0.5, 0.6) is 0 Å². The molecule has 4 aromatic rings. The summed E-state index contributed by atoms with van der Waals surface area (Å²) in [6.45, 7) is 0. The standard InChI is InChI=1S/C25H22N4S/c1-2-7-19(8-3-1)20-12-14-21(15-13-20)24-18-30-25(27-23-11-6-16-26-17-23)29(24)28-22-9-4-5-10-22/h1-3,6-8,11-18H,4-5,9-10H2. The molecule has 2 aromatic heterocycles. The number of nitrogens with zero attached hydrogens (tertiary/aromatic N) is 4. The monoisotopic (exact) mass is 410 g/mol. The van der Waals surface area contributed by atoms with Crippen LogP contribution in [0.4, 0.5) is 5.69 Å². The van der Waals surface area contributed by atoms with Crippen molar-refractivity contribution in [2.24, 2.45) is 10.1 Å². The van der Waals surface area contributed by atoms with Gasteiger partial charge in [0.15, 0.2) is 0 Å². The van der Waals surface area contributed by atoms with Crippen LogP contribution in [-0.2, 0) is 0 Å². The molecular weight excluding hydrogens is 388 g/mol. The van der Waals surface area contributed by atoms with Crippen molar-refractivity contribution < 1.29 is 0 Å². The molecular formula is C25H22N4S. The zero-order chi connectivity index (χ0) is 20.2. The van der Waals surface area contributed by atoms with Gasteiger partial charge in [0, 0.05) is 22.9 Å². The van der Waals surface area contributed by atoms with Crippen molar-refractivity contribution in [2.45, 2.75) is 25.7 Å². The summed E-state index contributed by atoms with van der Waals surface area (Å²) < 4.78 is 2.01. The Hall–Kier alpha value is -3.31. The summed E-state index contributed by atoms with van der Waals surface area (Å²) in [7, 11) is 0. The molecule has 2 aromatic carbocycles. The van der Waals surface area contributed by atoms with Crippen LogP contribution in [0.3, 0.4) is 0 Å². The Bertz CT molecular complexity index is 1210. The van der Waals surface area contributed by atoms with Gasteiger partial charge in [-0.15, -0.1) is 11.3 Å². The minimum absolute atomic E-state index is 0.839. The van der Waals surface area contributed by atoms with Gasteiger partial charge < -0.3 is 0 Å². The largest absolute Gasteiger partial charge is 0.262 e. The van der Waals surface area contributed by atoms with Gasteiger partial charge in [-0.1, -0.05) is 54.6 Å². The van der Waals surface area contributed by atoms with E-state index in [2.05, 4.69) is 58.9 Å². The Morgan fingerprint density at radius 2 is 1.53 bits per heavy atom. The van der Waals surface area contributed by atoms with Gasteiger partial charge in [0.1, 0.15) is 0 Å². The van der Waals surface area contributed by atoms with Crippen molar-refractivity contribution in [3.05, 3.63) is 89.3 Å². The Morgan fingerprint density at radius 1 is 0.800 bits per heavy atom. The summed E-state index contributed by atoms with van der Waals surface area (Å²) in [5.41, 5.74) is 6.74. The smallest absolute Gasteiger partial charge is 0.211 e. The average molecular weight is 411 g/mol. The van der Waals surface area contributed by atoms with E-state index in [0.717, 1.165) is 34.6 Å². The van der Waals surface area contributed by atoms with Crippen LogP contribution in [0.15, 0.2) is 94.6 Å². The number of rotatable bonds is 4. The van der Waals surface area contributed by atoms with E-state index in [-0.39, 0.29) is 0 Å². The van der Waals surface area contributed by atoms with E-state index in [0.29, 0.717) is 0 Å². The third-order valence-corrected chi connectivity index (χ3v) is 6.08. The summed E-state index contributed by atoms with van der Waals surface area (Å²) >= 11 is 1.61. The minimum Gasteiger partial charge on any atom is -0.262 e. The molecule has 1 aliphatic carbocycles. The Kier molecular flexibility index (Phi) is 5.36. The van der Waals surface area contributed by atoms with Gasteiger partial charge in [0.05, 0.1) is 17.6 Å². The molecule has 1 fully saturated rings. The first-order valence-electron chi connectivity index (χ1n) is 10.2. The first-order valence-corrected chi connectivity index (χ1v) is 11.1. The molecule has 0 atom stereocenters. The second kappa shape index (κ2) is 8.59. The average Bonchev–Trinajstić information content (AvgIpc) is 3.46. The van der Waals surface area contributed by atoms with E-state index in [1.54, 1.807) is 23.7 Å². The van der Waals surface area contributed by atoms with Crippen LogP contribution in [0.1, 0.15) is 25.7 Å². The molecule has 30 heavy (non-hydrogen) atoms. The zero-order valence-electron chi connectivity index (χ0n) is 16.6. The minimum atomic E-state index is 0.839. The van der Waals surface area contributed by atoms with E-state index in [9.17, 15) is 0 Å². The number of hydrogen-bond acceptors (Lipinski definition) is 4. The van der Waals surface area contributed by atoms with E-state index in [1.165, 1.54) is 29.7 Å². The molecule has 0 unspecified atom stereocenters. The second-order valence-electron chi connectivity index (χ2n) is 7.36. The van der Waals surface area contributed by atoms with E-state index >= 15 is 0 Å². The van der Waals surface area contributed by atoms with Crippen LogP contribution in [0.2, 0.25) is 0 Å². The van der Waals surface area contributed by atoms with Crippen LogP contribution in [0, 0.1) is 0 Å². The number of thiazole rings is 1. The molecule has 5 rings (SSSR count). The highest BCUT2D eigenvalue weighted by Gasteiger charge is 2.13. The van der Waals surface area contributed by atoms with Gasteiger partial charge in [-0.05, 0) is 48.9 Å². The second-order valence-corrected chi connectivity index (χ2v) is 8.19. The quantitative estimate of drug-likeness (QED) is 0.390. The first-order chi connectivity index (χ1) is 14.9. The number of aromatic nitrogens is 2. The first kappa shape index (κ1) is 18.7. The molecule has 0 spiro atoms. The van der Waals surface area contributed by atoms with Crippen LogP contribution >= 0.6 is 11.3 Å². The number of hydrogen-bond donors (Lipinski definition) is 0. The highest BCUT2D eigenvalue weighted by atomic mass is 32.1. The van der Waals surface area contributed by atoms with Gasteiger partial charge in [0.2, 0.25) is 4.80 Å². The van der Waals surface area contributed by atoms with Crippen molar-refractivity contribution in [3.63, 3.8) is 0 Å². The van der Waals surface area contributed by atoms with Crippen molar-refractivity contribution in [1.29, 1.82) is 0 Å². The molecule has 0 bridgehead atoms. The van der Waals surface area contributed by atoms with Crippen LogP contribution < -0.4 is 4.80 Å². The maximum Gasteiger partial charge on any atom is 0.211 e. The van der Waals surface area contributed by atoms with Gasteiger partial charge in [-0.2, -0.15) is 5.10 Å². The lowest BCUT2D eigenvalue weighted by Gasteiger charge is -2.07. The Balaban J connectivity index is 1.58. The topological polar surface area (TPSA) is 42.5 Å².